The lowest BCUT2D eigenvalue weighted by Gasteiger charge is -2.32. The van der Waals surface area contributed by atoms with Crippen molar-refractivity contribution in [2.24, 2.45) is 0 Å². The number of hydrogen-bond donors (Lipinski definition) is 2. The summed E-state index contributed by atoms with van der Waals surface area (Å²) in [4.78, 5) is 33.0. The summed E-state index contributed by atoms with van der Waals surface area (Å²) in [5.41, 5.74) is 7.20. The van der Waals surface area contributed by atoms with Crippen molar-refractivity contribution in [2.45, 2.75) is 13.0 Å². The molecule has 0 spiro atoms. The van der Waals surface area contributed by atoms with Gasteiger partial charge in [0.15, 0.2) is 4.96 Å². The number of rotatable bonds is 9. The summed E-state index contributed by atoms with van der Waals surface area (Å²) < 4.78 is 2.06. The molecule has 9 nitrogen and oxygen atoms in total. The zero-order valence-electron chi connectivity index (χ0n) is 25.1. The number of anilines is 3. The van der Waals surface area contributed by atoms with Gasteiger partial charge in [0, 0.05) is 67.4 Å². The third-order valence-electron chi connectivity index (χ3n) is 7.97. The van der Waals surface area contributed by atoms with Crippen LogP contribution in [0.5, 0.6) is 0 Å². The van der Waals surface area contributed by atoms with Gasteiger partial charge in [0.05, 0.1) is 17.8 Å². The monoisotopic (exact) mass is 614 g/mol. The van der Waals surface area contributed by atoms with Crippen LogP contribution in [0.3, 0.4) is 0 Å². The zero-order chi connectivity index (χ0) is 30.6. The molecule has 10 heteroatoms. The first-order chi connectivity index (χ1) is 22.1. The minimum absolute atomic E-state index is 0.0662. The van der Waals surface area contributed by atoms with Gasteiger partial charge in [0.25, 0.3) is 0 Å². The van der Waals surface area contributed by atoms with Crippen LogP contribution in [-0.4, -0.2) is 68.3 Å². The summed E-state index contributed by atoms with van der Waals surface area (Å²) in [5.74, 6) is 0.450. The van der Waals surface area contributed by atoms with Crippen molar-refractivity contribution < 1.29 is 4.79 Å². The van der Waals surface area contributed by atoms with Gasteiger partial charge in [-0.05, 0) is 48.5 Å². The minimum atomic E-state index is -0.0662. The highest BCUT2D eigenvalue weighted by molar-refractivity contribution is 7.15. The van der Waals surface area contributed by atoms with Crippen molar-refractivity contribution in [3.63, 3.8) is 0 Å². The molecule has 1 saturated heterocycles. The molecule has 0 saturated carbocycles. The van der Waals surface area contributed by atoms with Crippen LogP contribution < -0.4 is 10.6 Å². The lowest BCUT2D eigenvalue weighted by molar-refractivity contribution is -0.115. The number of amides is 1. The standard InChI is InChI=1S/C35H34N8OS/c1-41-15-17-42(18-16-41)24-26-9-5-11-28(21-26)38-34-36-14-13-30(39-34)33-32(40-35-43(33)19-20-45-35)27-10-6-12-29(23-27)37-31(44)22-25-7-3-2-4-8-25/h2-14,19-21,23H,15-18,22,24H2,1H3,(H,37,44)(H,36,38,39). The molecule has 3 aromatic carbocycles. The summed E-state index contributed by atoms with van der Waals surface area (Å²) in [6, 6.07) is 27.9. The zero-order valence-corrected chi connectivity index (χ0v) is 25.9. The normalized spacial score (nSPS) is 14.1. The van der Waals surface area contributed by atoms with E-state index in [1.165, 1.54) is 5.56 Å². The van der Waals surface area contributed by atoms with Crippen LogP contribution in [0.4, 0.5) is 17.3 Å². The van der Waals surface area contributed by atoms with E-state index in [1.54, 1.807) is 17.5 Å². The number of piperazine rings is 1. The number of benzene rings is 3. The number of nitrogens with one attached hydrogen (secondary N) is 2. The summed E-state index contributed by atoms with van der Waals surface area (Å²) in [6.45, 7) is 5.27. The first-order valence-corrected chi connectivity index (χ1v) is 16.0. The maximum atomic E-state index is 12.8. The van der Waals surface area contributed by atoms with Crippen molar-refractivity contribution >= 4 is 39.5 Å². The Hall–Kier alpha value is -4.90. The number of thiazole rings is 1. The molecular weight excluding hydrogens is 581 g/mol. The number of fused-ring (bicyclic) bond motifs is 1. The fourth-order valence-electron chi connectivity index (χ4n) is 5.65. The molecule has 6 aromatic rings. The Balaban J connectivity index is 1.13. The van der Waals surface area contributed by atoms with Crippen molar-refractivity contribution in [1.29, 1.82) is 0 Å². The largest absolute Gasteiger partial charge is 0.326 e. The van der Waals surface area contributed by atoms with E-state index in [1.807, 2.05) is 78.3 Å². The SMILES string of the molecule is CN1CCN(Cc2cccc(Nc3nccc(-c4c(-c5cccc(NC(=O)Cc6ccccc6)c5)nc5sccn45)n3)c2)CC1. The summed E-state index contributed by atoms with van der Waals surface area (Å²) >= 11 is 1.57. The average Bonchev–Trinajstić information content (AvgIpc) is 3.65. The minimum Gasteiger partial charge on any atom is -0.326 e. The van der Waals surface area contributed by atoms with Gasteiger partial charge in [0.2, 0.25) is 11.9 Å². The van der Waals surface area contributed by atoms with Crippen LogP contribution >= 0.6 is 11.3 Å². The smallest absolute Gasteiger partial charge is 0.228 e. The summed E-state index contributed by atoms with van der Waals surface area (Å²) in [6.07, 6.45) is 4.09. The Labute approximate surface area is 266 Å². The first-order valence-electron chi connectivity index (χ1n) is 15.1. The second kappa shape index (κ2) is 13.0. The molecule has 7 rings (SSSR count). The number of aromatic nitrogens is 4. The number of nitrogens with zero attached hydrogens (tertiary/aromatic N) is 6. The van der Waals surface area contributed by atoms with Gasteiger partial charge < -0.3 is 15.5 Å². The highest BCUT2D eigenvalue weighted by atomic mass is 32.1. The van der Waals surface area contributed by atoms with Gasteiger partial charge in [-0.25, -0.2) is 15.0 Å². The number of imidazole rings is 1. The van der Waals surface area contributed by atoms with E-state index in [4.69, 9.17) is 9.97 Å². The molecule has 0 unspecified atom stereocenters. The maximum Gasteiger partial charge on any atom is 0.228 e. The van der Waals surface area contributed by atoms with Gasteiger partial charge in [-0.1, -0.05) is 54.6 Å². The first kappa shape index (κ1) is 28.8. The van der Waals surface area contributed by atoms with E-state index in [2.05, 4.69) is 55.1 Å². The number of carbonyl (C=O) groups is 1. The van der Waals surface area contributed by atoms with Crippen LogP contribution in [0.2, 0.25) is 0 Å². The molecule has 0 atom stereocenters. The number of carbonyl (C=O) groups excluding carboxylic acids is 1. The Bertz CT molecular complexity index is 1930. The van der Waals surface area contributed by atoms with E-state index in [9.17, 15) is 4.79 Å². The average molecular weight is 615 g/mol. The van der Waals surface area contributed by atoms with Crippen LogP contribution in [0.15, 0.2) is 103 Å². The highest BCUT2D eigenvalue weighted by Gasteiger charge is 2.19. The van der Waals surface area contributed by atoms with Crippen molar-refractivity contribution in [3.05, 3.63) is 114 Å². The van der Waals surface area contributed by atoms with E-state index >= 15 is 0 Å². The molecular formula is C35H34N8OS. The van der Waals surface area contributed by atoms with Crippen LogP contribution in [-0.2, 0) is 17.8 Å². The van der Waals surface area contributed by atoms with Crippen LogP contribution in [0, 0.1) is 0 Å². The number of hydrogen-bond acceptors (Lipinski definition) is 8. The molecule has 2 N–H and O–H groups in total. The lowest BCUT2D eigenvalue weighted by Crippen LogP contribution is -2.43. The molecule has 0 aliphatic carbocycles. The second-order valence-corrected chi connectivity index (χ2v) is 12.2. The lowest BCUT2D eigenvalue weighted by atomic mass is 10.1. The van der Waals surface area contributed by atoms with Gasteiger partial charge in [-0.3, -0.25) is 14.1 Å². The fraction of sp³-hybridized carbons (Fsp3) is 0.200. The molecule has 1 amide bonds. The Morgan fingerprint density at radius 3 is 2.53 bits per heavy atom. The van der Waals surface area contributed by atoms with Gasteiger partial charge in [-0.15, -0.1) is 11.3 Å². The second-order valence-electron chi connectivity index (χ2n) is 11.3. The molecule has 45 heavy (non-hydrogen) atoms. The predicted octanol–water partition coefficient (Wildman–Crippen LogP) is 6.19. The molecule has 1 fully saturated rings. The molecule has 0 bridgehead atoms. The van der Waals surface area contributed by atoms with E-state index in [-0.39, 0.29) is 5.91 Å². The van der Waals surface area contributed by atoms with E-state index in [0.29, 0.717) is 12.4 Å². The Kier molecular flexibility index (Phi) is 8.33. The van der Waals surface area contributed by atoms with E-state index in [0.717, 1.165) is 77.3 Å². The molecule has 1 aliphatic rings. The van der Waals surface area contributed by atoms with Crippen LogP contribution in [0.1, 0.15) is 11.1 Å². The van der Waals surface area contributed by atoms with Crippen molar-refractivity contribution in [1.82, 2.24) is 29.2 Å². The van der Waals surface area contributed by atoms with Crippen LogP contribution in [0.25, 0.3) is 27.6 Å². The summed E-state index contributed by atoms with van der Waals surface area (Å²) in [7, 11) is 2.18. The highest BCUT2D eigenvalue weighted by Crippen LogP contribution is 2.35. The Morgan fingerprint density at radius 1 is 0.867 bits per heavy atom. The summed E-state index contributed by atoms with van der Waals surface area (Å²) in [5, 5.41) is 8.48. The quantitative estimate of drug-likeness (QED) is 0.201. The third-order valence-corrected chi connectivity index (χ3v) is 8.73. The number of likely N-dealkylation sites (N-methyl/N-ethyl adjacent to an activating group) is 1. The third kappa shape index (κ3) is 6.78. The fourth-order valence-corrected chi connectivity index (χ4v) is 6.37. The van der Waals surface area contributed by atoms with Gasteiger partial charge in [0.1, 0.15) is 5.69 Å². The molecule has 0 radical (unpaired) electrons. The van der Waals surface area contributed by atoms with E-state index < -0.39 is 0 Å². The molecule has 3 aromatic heterocycles. The van der Waals surface area contributed by atoms with Crippen molar-refractivity contribution in [2.75, 3.05) is 43.9 Å². The predicted molar refractivity (Wildman–Crippen MR) is 181 cm³/mol. The van der Waals surface area contributed by atoms with Gasteiger partial charge >= 0.3 is 0 Å². The van der Waals surface area contributed by atoms with Crippen molar-refractivity contribution in [3.8, 4) is 22.6 Å². The molecule has 4 heterocycles. The topological polar surface area (TPSA) is 90.7 Å². The maximum absolute atomic E-state index is 12.8. The van der Waals surface area contributed by atoms with Gasteiger partial charge in [-0.2, -0.15) is 0 Å². The Morgan fingerprint density at radius 2 is 1.67 bits per heavy atom. The molecule has 226 valence electrons. The molecule has 1 aliphatic heterocycles.